The van der Waals surface area contributed by atoms with E-state index in [1.165, 1.54) is 4.90 Å². The van der Waals surface area contributed by atoms with Crippen LogP contribution in [0.4, 0.5) is 0 Å². The molecular formula is C15H25IN4OS. The van der Waals surface area contributed by atoms with Crippen molar-refractivity contribution in [2.45, 2.75) is 18.2 Å². The molecule has 124 valence electrons. The Bertz CT molecular complexity index is 442. The van der Waals surface area contributed by atoms with Gasteiger partial charge in [0.2, 0.25) is 5.91 Å². The summed E-state index contributed by atoms with van der Waals surface area (Å²) in [6, 6.07) is 10.3. The van der Waals surface area contributed by atoms with Gasteiger partial charge in [0.1, 0.15) is 0 Å². The van der Waals surface area contributed by atoms with Crippen LogP contribution in [0.3, 0.4) is 0 Å². The van der Waals surface area contributed by atoms with Gasteiger partial charge in [-0.05, 0) is 18.6 Å². The first kappa shape index (κ1) is 21.0. The molecule has 0 aliphatic rings. The quantitative estimate of drug-likeness (QED) is 0.192. The predicted octanol–water partition coefficient (Wildman–Crippen LogP) is 2.09. The van der Waals surface area contributed by atoms with E-state index in [0.29, 0.717) is 12.5 Å². The van der Waals surface area contributed by atoms with Crippen molar-refractivity contribution in [3.63, 3.8) is 0 Å². The van der Waals surface area contributed by atoms with E-state index in [1.54, 1.807) is 18.8 Å². The summed E-state index contributed by atoms with van der Waals surface area (Å²) in [5.41, 5.74) is 0. The first-order valence-corrected chi connectivity index (χ1v) is 8.14. The van der Waals surface area contributed by atoms with E-state index in [1.807, 2.05) is 25.1 Å². The minimum atomic E-state index is -0.0153. The van der Waals surface area contributed by atoms with Crippen molar-refractivity contribution in [1.82, 2.24) is 16.0 Å². The number of nitrogens with zero attached hydrogens (tertiary/aromatic N) is 1. The number of thioether (sulfide) groups is 1. The molecule has 1 amide bonds. The second kappa shape index (κ2) is 13.7. The summed E-state index contributed by atoms with van der Waals surface area (Å²) in [6.45, 7) is 3.76. The Hall–Kier alpha value is -0.960. The van der Waals surface area contributed by atoms with Crippen molar-refractivity contribution >= 4 is 47.6 Å². The Balaban J connectivity index is 0.00000441. The molecule has 0 aromatic heterocycles. The summed E-state index contributed by atoms with van der Waals surface area (Å²) in [4.78, 5) is 16.8. The SMILES string of the molecule is CCCNC(=O)CNC(=NC)NCCSc1ccccc1.I. The molecule has 0 aliphatic heterocycles. The highest BCUT2D eigenvalue weighted by molar-refractivity contribution is 14.0. The topological polar surface area (TPSA) is 65.5 Å². The average molecular weight is 436 g/mol. The smallest absolute Gasteiger partial charge is 0.239 e. The van der Waals surface area contributed by atoms with Gasteiger partial charge in [0.05, 0.1) is 6.54 Å². The molecule has 0 radical (unpaired) electrons. The largest absolute Gasteiger partial charge is 0.356 e. The van der Waals surface area contributed by atoms with E-state index in [2.05, 4.69) is 33.1 Å². The highest BCUT2D eigenvalue weighted by Crippen LogP contribution is 2.15. The van der Waals surface area contributed by atoms with Crippen LogP contribution < -0.4 is 16.0 Å². The lowest BCUT2D eigenvalue weighted by molar-refractivity contribution is -0.120. The standard InChI is InChI=1S/C15H24N4OS.HI/c1-3-9-17-14(20)12-19-15(16-2)18-10-11-21-13-7-5-4-6-8-13;/h4-8H,3,9-12H2,1-2H3,(H,17,20)(H2,16,18,19);1H. The maximum atomic E-state index is 11.5. The monoisotopic (exact) mass is 436 g/mol. The van der Waals surface area contributed by atoms with Crippen LogP contribution in [0, 0.1) is 0 Å². The zero-order valence-corrected chi connectivity index (χ0v) is 16.2. The van der Waals surface area contributed by atoms with Gasteiger partial charge in [-0.1, -0.05) is 25.1 Å². The number of hydrogen-bond acceptors (Lipinski definition) is 3. The molecule has 0 heterocycles. The zero-order valence-electron chi connectivity index (χ0n) is 13.1. The van der Waals surface area contributed by atoms with Gasteiger partial charge < -0.3 is 16.0 Å². The van der Waals surface area contributed by atoms with Gasteiger partial charge in [-0.25, -0.2) is 0 Å². The third-order valence-electron chi connectivity index (χ3n) is 2.62. The molecule has 5 nitrogen and oxygen atoms in total. The first-order valence-electron chi connectivity index (χ1n) is 7.15. The minimum absolute atomic E-state index is 0. The van der Waals surface area contributed by atoms with Crippen molar-refractivity contribution < 1.29 is 4.79 Å². The van der Waals surface area contributed by atoms with Crippen LogP contribution in [0.1, 0.15) is 13.3 Å². The van der Waals surface area contributed by atoms with Crippen molar-refractivity contribution in [1.29, 1.82) is 0 Å². The maximum Gasteiger partial charge on any atom is 0.239 e. The molecule has 0 fully saturated rings. The lowest BCUT2D eigenvalue weighted by Gasteiger charge is -2.11. The van der Waals surface area contributed by atoms with Crippen LogP contribution in [0.15, 0.2) is 40.2 Å². The first-order chi connectivity index (χ1) is 10.3. The zero-order chi connectivity index (χ0) is 15.3. The molecule has 0 unspecified atom stereocenters. The van der Waals surface area contributed by atoms with Crippen LogP contribution in [0.2, 0.25) is 0 Å². The number of carbonyl (C=O) groups is 1. The summed E-state index contributed by atoms with van der Waals surface area (Å²) in [5, 5.41) is 9.00. The lowest BCUT2D eigenvalue weighted by Crippen LogP contribution is -2.43. The molecule has 0 saturated carbocycles. The van der Waals surface area contributed by atoms with Crippen LogP contribution in [-0.4, -0.2) is 44.3 Å². The third kappa shape index (κ3) is 9.88. The number of benzene rings is 1. The van der Waals surface area contributed by atoms with Gasteiger partial charge >= 0.3 is 0 Å². The lowest BCUT2D eigenvalue weighted by atomic mass is 10.4. The van der Waals surface area contributed by atoms with E-state index >= 15 is 0 Å². The molecule has 0 saturated heterocycles. The molecule has 3 N–H and O–H groups in total. The van der Waals surface area contributed by atoms with Gasteiger partial charge in [-0.2, -0.15) is 0 Å². The second-order valence-corrected chi connectivity index (χ2v) is 5.53. The maximum absolute atomic E-state index is 11.5. The number of rotatable bonds is 8. The molecule has 0 bridgehead atoms. The van der Waals surface area contributed by atoms with E-state index in [0.717, 1.165) is 18.7 Å². The predicted molar refractivity (Wildman–Crippen MR) is 105 cm³/mol. The van der Waals surface area contributed by atoms with E-state index in [4.69, 9.17) is 0 Å². The van der Waals surface area contributed by atoms with Gasteiger partial charge in [0, 0.05) is 30.8 Å². The van der Waals surface area contributed by atoms with Crippen molar-refractivity contribution in [3.05, 3.63) is 30.3 Å². The fourth-order valence-corrected chi connectivity index (χ4v) is 2.36. The number of nitrogens with one attached hydrogen (secondary N) is 3. The molecule has 0 spiro atoms. The third-order valence-corrected chi connectivity index (χ3v) is 3.63. The number of carbonyl (C=O) groups excluding carboxylic acids is 1. The Morgan fingerprint density at radius 1 is 1.14 bits per heavy atom. The normalized spacial score (nSPS) is 10.5. The number of amides is 1. The summed E-state index contributed by atoms with van der Waals surface area (Å²) < 4.78 is 0. The van der Waals surface area contributed by atoms with Crippen molar-refractivity contribution in [2.24, 2.45) is 4.99 Å². The van der Waals surface area contributed by atoms with Crippen LogP contribution >= 0.6 is 35.7 Å². The number of hydrogen-bond donors (Lipinski definition) is 3. The number of aliphatic imine (C=N–C) groups is 1. The summed E-state index contributed by atoms with van der Waals surface area (Å²) in [5.74, 6) is 1.57. The van der Waals surface area contributed by atoms with E-state index in [9.17, 15) is 4.79 Å². The highest BCUT2D eigenvalue weighted by atomic mass is 127. The van der Waals surface area contributed by atoms with Gasteiger partial charge in [0.25, 0.3) is 0 Å². The Morgan fingerprint density at radius 3 is 2.50 bits per heavy atom. The molecule has 1 aromatic rings. The van der Waals surface area contributed by atoms with Crippen LogP contribution in [0.25, 0.3) is 0 Å². The van der Waals surface area contributed by atoms with Crippen molar-refractivity contribution in [3.8, 4) is 0 Å². The van der Waals surface area contributed by atoms with E-state index < -0.39 is 0 Å². The minimum Gasteiger partial charge on any atom is -0.356 e. The Kier molecular flexibility index (Phi) is 13.1. The molecule has 1 rings (SSSR count). The van der Waals surface area contributed by atoms with E-state index in [-0.39, 0.29) is 36.4 Å². The fraction of sp³-hybridized carbons (Fsp3) is 0.467. The Labute approximate surface area is 154 Å². The molecule has 0 aliphatic carbocycles. The molecule has 1 aromatic carbocycles. The summed E-state index contributed by atoms with van der Waals surface area (Å²) in [7, 11) is 1.70. The van der Waals surface area contributed by atoms with Gasteiger partial charge in [-0.3, -0.25) is 9.79 Å². The average Bonchev–Trinajstić information content (AvgIpc) is 2.53. The molecular weight excluding hydrogens is 411 g/mol. The molecule has 22 heavy (non-hydrogen) atoms. The highest BCUT2D eigenvalue weighted by Gasteiger charge is 2.02. The fourth-order valence-electron chi connectivity index (χ4n) is 1.57. The Morgan fingerprint density at radius 2 is 1.86 bits per heavy atom. The molecule has 7 heteroatoms. The van der Waals surface area contributed by atoms with Gasteiger partial charge in [0.15, 0.2) is 5.96 Å². The van der Waals surface area contributed by atoms with Gasteiger partial charge in [-0.15, -0.1) is 35.7 Å². The van der Waals surface area contributed by atoms with Crippen LogP contribution in [-0.2, 0) is 4.79 Å². The summed E-state index contributed by atoms with van der Waals surface area (Å²) in [6.07, 6.45) is 0.940. The second-order valence-electron chi connectivity index (χ2n) is 4.36. The number of guanidine groups is 1. The number of halogens is 1. The van der Waals surface area contributed by atoms with Crippen molar-refractivity contribution in [2.75, 3.05) is 32.4 Å². The summed E-state index contributed by atoms with van der Waals surface area (Å²) >= 11 is 1.78. The van der Waals surface area contributed by atoms with Crippen LogP contribution in [0.5, 0.6) is 0 Å². The molecule has 0 atom stereocenters.